The van der Waals surface area contributed by atoms with Gasteiger partial charge in [0, 0.05) is 34.7 Å². The van der Waals surface area contributed by atoms with Crippen LogP contribution in [0, 0.1) is 47.0 Å². The van der Waals surface area contributed by atoms with Crippen molar-refractivity contribution < 1.29 is 5.11 Å². The second-order valence-corrected chi connectivity index (χ2v) is 17.9. The number of nitrogens with zero attached hydrogens (tertiary/aromatic N) is 2. The SMILES string of the molecule is CCC/C(C#Cc1ccc(C#C[Si](C(C)C)(C(C)C)C(C)C)nc1)=C(\C#Cc1ccc(C#CC(C)(C)O)cn1)CCC. The summed E-state index contributed by atoms with van der Waals surface area (Å²) in [5.74, 6) is 22.5. The molecule has 0 fully saturated rings. The van der Waals surface area contributed by atoms with Crippen molar-refractivity contribution >= 4 is 8.07 Å². The van der Waals surface area contributed by atoms with Crippen molar-refractivity contribution in [1.82, 2.24) is 9.97 Å². The van der Waals surface area contributed by atoms with Gasteiger partial charge in [0.25, 0.3) is 0 Å². The molecule has 2 aromatic heterocycles. The van der Waals surface area contributed by atoms with Gasteiger partial charge in [0.05, 0.1) is 0 Å². The summed E-state index contributed by atoms with van der Waals surface area (Å²) in [7, 11) is -1.80. The van der Waals surface area contributed by atoms with Gasteiger partial charge in [-0.3, -0.25) is 0 Å². The van der Waals surface area contributed by atoms with Crippen molar-refractivity contribution in [1.29, 1.82) is 0 Å². The average molecular weight is 577 g/mol. The van der Waals surface area contributed by atoms with Crippen LogP contribution < -0.4 is 0 Å². The zero-order valence-corrected chi connectivity index (χ0v) is 28.4. The minimum atomic E-state index is -1.80. The van der Waals surface area contributed by atoms with Gasteiger partial charge in [0.1, 0.15) is 25.1 Å². The van der Waals surface area contributed by atoms with Crippen LogP contribution >= 0.6 is 0 Å². The van der Waals surface area contributed by atoms with Crippen LogP contribution in [0.3, 0.4) is 0 Å². The van der Waals surface area contributed by atoms with Gasteiger partial charge in [-0.15, -0.1) is 5.54 Å². The minimum absolute atomic E-state index is 0.591. The Morgan fingerprint density at radius 1 is 0.714 bits per heavy atom. The molecule has 0 aliphatic rings. The maximum Gasteiger partial charge on any atom is 0.146 e. The number of aromatic nitrogens is 2. The minimum Gasteiger partial charge on any atom is -0.378 e. The summed E-state index contributed by atoms with van der Waals surface area (Å²) < 4.78 is 0. The van der Waals surface area contributed by atoms with Crippen molar-refractivity contribution in [2.45, 2.75) is 117 Å². The van der Waals surface area contributed by atoms with Crippen molar-refractivity contribution in [2.24, 2.45) is 0 Å². The van der Waals surface area contributed by atoms with Crippen LogP contribution in [0.1, 0.15) is 117 Å². The molecule has 220 valence electrons. The Kier molecular flexibility index (Phi) is 13.4. The summed E-state index contributed by atoms with van der Waals surface area (Å²) in [4.78, 5) is 9.09. The molecule has 0 saturated carbocycles. The van der Waals surface area contributed by atoms with Crippen molar-refractivity contribution in [3.63, 3.8) is 0 Å². The number of rotatable bonds is 7. The highest BCUT2D eigenvalue weighted by Crippen LogP contribution is 2.40. The Morgan fingerprint density at radius 3 is 1.57 bits per heavy atom. The molecule has 0 aliphatic carbocycles. The molecule has 4 heteroatoms. The fourth-order valence-electron chi connectivity index (χ4n) is 5.28. The Balaban J connectivity index is 2.36. The van der Waals surface area contributed by atoms with Crippen molar-refractivity contribution in [3.8, 4) is 47.0 Å². The molecule has 0 radical (unpaired) electrons. The lowest BCUT2D eigenvalue weighted by Crippen LogP contribution is -2.43. The average Bonchev–Trinajstić information content (AvgIpc) is 2.93. The maximum absolute atomic E-state index is 9.81. The molecule has 42 heavy (non-hydrogen) atoms. The molecule has 0 aromatic carbocycles. The van der Waals surface area contributed by atoms with Gasteiger partial charge in [0.2, 0.25) is 0 Å². The predicted molar refractivity (Wildman–Crippen MR) is 180 cm³/mol. The van der Waals surface area contributed by atoms with E-state index in [-0.39, 0.29) is 0 Å². The molecule has 0 bridgehead atoms. The van der Waals surface area contributed by atoms with E-state index in [1.807, 2.05) is 30.5 Å². The van der Waals surface area contributed by atoms with E-state index < -0.39 is 13.7 Å². The summed E-state index contributed by atoms with van der Waals surface area (Å²) in [5.41, 5.74) is 9.74. The normalized spacial score (nSPS) is 11.9. The first-order valence-corrected chi connectivity index (χ1v) is 17.5. The van der Waals surface area contributed by atoms with E-state index >= 15 is 0 Å². The zero-order valence-electron chi connectivity index (χ0n) is 27.4. The first-order chi connectivity index (χ1) is 19.8. The van der Waals surface area contributed by atoms with Crippen LogP contribution in [0.5, 0.6) is 0 Å². The molecule has 0 aliphatic heterocycles. The highest BCUT2D eigenvalue weighted by Gasteiger charge is 2.41. The molecule has 1 N–H and O–H groups in total. The van der Waals surface area contributed by atoms with E-state index in [1.54, 1.807) is 20.0 Å². The lowest BCUT2D eigenvalue weighted by atomic mass is 10.00. The highest BCUT2D eigenvalue weighted by molar-refractivity contribution is 6.90. The summed E-state index contributed by atoms with van der Waals surface area (Å²) in [6.45, 7) is 21.6. The molecule has 0 amide bonds. The van der Waals surface area contributed by atoms with Gasteiger partial charge in [-0.25, -0.2) is 9.97 Å². The summed E-state index contributed by atoms with van der Waals surface area (Å²) >= 11 is 0. The van der Waals surface area contributed by atoms with Gasteiger partial charge in [-0.1, -0.05) is 104 Å². The largest absolute Gasteiger partial charge is 0.378 e. The first kappa shape index (κ1) is 34.7. The fraction of sp³-hybridized carbons (Fsp3) is 0.474. The van der Waals surface area contributed by atoms with E-state index in [9.17, 15) is 5.11 Å². The molecule has 3 nitrogen and oxygen atoms in total. The van der Waals surface area contributed by atoms with Crippen molar-refractivity contribution in [2.75, 3.05) is 0 Å². The molecule has 2 heterocycles. The zero-order chi connectivity index (χ0) is 31.3. The molecule has 2 rings (SSSR count). The molecular formula is C38H48N2OSi. The highest BCUT2D eigenvalue weighted by atomic mass is 28.3. The molecule has 2 aromatic rings. The standard InChI is InChI=1S/C38H48N2OSi/c1-11-13-34(35(14-12-2)19-22-36-20-17-33(28-39-36)23-25-38(9,10)41)18-15-32-16-21-37(40-27-32)24-26-42(29(3)4,30(5)6)31(7)8/h16-17,20-21,27-31,41H,11-14H2,1-10H3/b35-34+. The second-order valence-electron chi connectivity index (χ2n) is 12.3. The van der Waals surface area contributed by atoms with Gasteiger partial charge in [0.15, 0.2) is 0 Å². The van der Waals surface area contributed by atoms with Crippen molar-refractivity contribution in [3.05, 3.63) is 70.3 Å². The molecule has 0 saturated heterocycles. The predicted octanol–water partition coefficient (Wildman–Crippen LogP) is 8.47. The molecular weight excluding hydrogens is 529 g/mol. The number of aliphatic hydroxyl groups is 1. The Bertz CT molecular complexity index is 1440. The van der Waals surface area contributed by atoms with Crippen LogP contribution in [0.15, 0.2) is 47.8 Å². The van der Waals surface area contributed by atoms with Crippen LogP contribution in [-0.2, 0) is 0 Å². The Morgan fingerprint density at radius 2 is 1.17 bits per heavy atom. The van der Waals surface area contributed by atoms with Gasteiger partial charge >= 0.3 is 0 Å². The lowest BCUT2D eigenvalue weighted by Gasteiger charge is -2.38. The summed E-state index contributed by atoms with van der Waals surface area (Å²) in [6, 6.07) is 7.76. The van der Waals surface area contributed by atoms with E-state index in [0.717, 1.165) is 53.7 Å². The van der Waals surface area contributed by atoms with Gasteiger partial charge in [-0.05, 0) is 73.5 Å². The number of hydrogen-bond acceptors (Lipinski definition) is 3. The molecule has 0 unspecified atom stereocenters. The number of pyridine rings is 2. The third-order valence-corrected chi connectivity index (χ3v) is 13.7. The Labute approximate surface area is 257 Å². The summed E-state index contributed by atoms with van der Waals surface area (Å²) in [6.07, 6.45) is 7.25. The van der Waals surface area contributed by atoms with Crippen LogP contribution in [0.25, 0.3) is 0 Å². The summed E-state index contributed by atoms with van der Waals surface area (Å²) in [5, 5.41) is 9.81. The monoisotopic (exact) mass is 576 g/mol. The van der Waals surface area contributed by atoms with Gasteiger partial charge < -0.3 is 5.11 Å². The third kappa shape index (κ3) is 10.4. The van der Waals surface area contributed by atoms with Crippen LogP contribution in [0.4, 0.5) is 0 Å². The fourth-order valence-corrected chi connectivity index (χ4v) is 10.5. The second kappa shape index (κ2) is 16.2. The smallest absolute Gasteiger partial charge is 0.146 e. The number of allylic oxidation sites excluding steroid dienone is 2. The lowest BCUT2D eigenvalue weighted by molar-refractivity contribution is 0.143. The number of hydrogen-bond donors (Lipinski definition) is 1. The Hall–Kier alpha value is -3.54. The topological polar surface area (TPSA) is 46.0 Å². The van der Waals surface area contributed by atoms with E-state index in [0.29, 0.717) is 22.3 Å². The van der Waals surface area contributed by atoms with Gasteiger partial charge in [-0.2, -0.15) is 0 Å². The van der Waals surface area contributed by atoms with Crippen LogP contribution in [0.2, 0.25) is 16.6 Å². The first-order valence-electron chi connectivity index (χ1n) is 15.3. The molecule has 0 atom stereocenters. The quantitative estimate of drug-likeness (QED) is 0.266. The van der Waals surface area contributed by atoms with Crippen LogP contribution in [-0.4, -0.2) is 28.7 Å². The maximum atomic E-state index is 9.81. The van der Waals surface area contributed by atoms with E-state index in [1.165, 1.54) is 0 Å². The molecule has 0 spiro atoms. The van der Waals surface area contributed by atoms with E-state index in [2.05, 4.69) is 112 Å². The van der Waals surface area contributed by atoms with E-state index in [4.69, 9.17) is 0 Å². The third-order valence-electron chi connectivity index (χ3n) is 7.38.